The maximum absolute atomic E-state index is 13.3. The molecule has 1 amide bonds. The Kier molecular flexibility index (Phi) is 6.45. The molecular weight excluding hydrogens is 478 g/mol. The minimum atomic E-state index is -4.25. The van der Waals surface area contributed by atoms with Crippen molar-refractivity contribution in [1.29, 1.82) is 0 Å². The van der Waals surface area contributed by atoms with E-state index in [0.717, 1.165) is 6.92 Å². The molecule has 0 radical (unpaired) electrons. The van der Waals surface area contributed by atoms with Crippen LogP contribution in [0.2, 0.25) is 5.02 Å². The minimum absolute atomic E-state index is 0.0564. The lowest BCUT2D eigenvalue weighted by Crippen LogP contribution is -2.35. The van der Waals surface area contributed by atoms with E-state index >= 15 is 0 Å². The molecule has 3 aromatic carbocycles. The standard InChI is InChI=1S/C25H20ClNO6S/c1-3-32-25(29)23-21-15-19(11-14-22(21)33-24(23)17-7-5-4-6-8-17)27(16(2)28)34(30,31)20-12-9-18(26)10-13-20/h4-15H,3H2,1-2H3. The normalized spacial score (nSPS) is 11.4. The molecule has 0 spiro atoms. The molecular formula is C25H20ClNO6S. The molecule has 0 aliphatic carbocycles. The Balaban J connectivity index is 1.92. The van der Waals surface area contributed by atoms with Crippen LogP contribution in [-0.4, -0.2) is 26.9 Å². The van der Waals surface area contributed by atoms with Crippen LogP contribution in [-0.2, 0) is 19.6 Å². The number of fused-ring (bicyclic) bond motifs is 1. The molecule has 4 rings (SSSR count). The van der Waals surface area contributed by atoms with Gasteiger partial charge in [0.1, 0.15) is 16.9 Å². The number of esters is 1. The van der Waals surface area contributed by atoms with E-state index in [9.17, 15) is 18.0 Å². The van der Waals surface area contributed by atoms with Gasteiger partial charge in [0.25, 0.3) is 10.0 Å². The number of furan rings is 1. The van der Waals surface area contributed by atoms with Gasteiger partial charge in [-0.2, -0.15) is 0 Å². The van der Waals surface area contributed by atoms with Crippen LogP contribution >= 0.6 is 11.6 Å². The van der Waals surface area contributed by atoms with Crippen LogP contribution in [0.1, 0.15) is 24.2 Å². The van der Waals surface area contributed by atoms with Crippen LogP contribution in [0.15, 0.2) is 82.1 Å². The molecule has 0 fully saturated rings. The van der Waals surface area contributed by atoms with Crippen molar-refractivity contribution in [1.82, 2.24) is 0 Å². The number of rotatable bonds is 6. The first kappa shape index (κ1) is 23.5. The number of anilines is 1. The highest BCUT2D eigenvalue weighted by atomic mass is 35.5. The third-order valence-corrected chi connectivity index (χ3v) is 7.13. The van der Waals surface area contributed by atoms with Crippen LogP contribution in [0, 0.1) is 0 Å². The Morgan fingerprint density at radius 3 is 2.29 bits per heavy atom. The predicted molar refractivity (Wildman–Crippen MR) is 129 cm³/mol. The van der Waals surface area contributed by atoms with Gasteiger partial charge in [-0.15, -0.1) is 0 Å². The lowest BCUT2D eigenvalue weighted by atomic mass is 10.1. The number of hydrogen-bond acceptors (Lipinski definition) is 6. The molecule has 4 aromatic rings. The summed E-state index contributed by atoms with van der Waals surface area (Å²) in [6.07, 6.45) is 0. The average Bonchev–Trinajstić information content (AvgIpc) is 3.19. The largest absolute Gasteiger partial charge is 0.462 e. The number of amides is 1. The van der Waals surface area contributed by atoms with Gasteiger partial charge in [0.2, 0.25) is 5.91 Å². The molecule has 7 nitrogen and oxygen atoms in total. The van der Waals surface area contributed by atoms with Gasteiger partial charge in [-0.3, -0.25) is 4.79 Å². The molecule has 0 saturated carbocycles. The molecule has 1 aromatic heterocycles. The summed E-state index contributed by atoms with van der Waals surface area (Å²) in [5.41, 5.74) is 1.21. The quantitative estimate of drug-likeness (QED) is 0.318. The number of carbonyl (C=O) groups excluding carboxylic acids is 2. The second-order valence-corrected chi connectivity index (χ2v) is 9.54. The van der Waals surface area contributed by atoms with Crippen molar-refractivity contribution in [3.05, 3.63) is 83.4 Å². The average molecular weight is 498 g/mol. The second kappa shape index (κ2) is 9.32. The number of benzene rings is 3. The zero-order chi connectivity index (χ0) is 24.5. The van der Waals surface area contributed by atoms with Crippen molar-refractivity contribution >= 4 is 50.2 Å². The van der Waals surface area contributed by atoms with Crippen LogP contribution < -0.4 is 4.31 Å². The smallest absolute Gasteiger partial charge is 0.342 e. The fourth-order valence-electron chi connectivity index (χ4n) is 3.61. The summed E-state index contributed by atoms with van der Waals surface area (Å²) in [6.45, 7) is 2.97. The first-order valence-electron chi connectivity index (χ1n) is 10.3. The number of hydrogen-bond donors (Lipinski definition) is 0. The second-order valence-electron chi connectivity index (χ2n) is 7.32. The van der Waals surface area contributed by atoms with E-state index < -0.39 is 21.9 Å². The van der Waals surface area contributed by atoms with Crippen molar-refractivity contribution < 1.29 is 27.2 Å². The van der Waals surface area contributed by atoms with Gasteiger partial charge in [-0.05, 0) is 49.4 Å². The van der Waals surface area contributed by atoms with Crippen LogP contribution in [0.25, 0.3) is 22.3 Å². The van der Waals surface area contributed by atoms with E-state index in [1.165, 1.54) is 42.5 Å². The van der Waals surface area contributed by atoms with E-state index in [4.69, 9.17) is 20.8 Å². The van der Waals surface area contributed by atoms with Gasteiger partial charge in [0.05, 0.1) is 17.2 Å². The third-order valence-electron chi connectivity index (χ3n) is 5.06. The zero-order valence-electron chi connectivity index (χ0n) is 18.3. The molecule has 0 N–H and O–H groups in total. The predicted octanol–water partition coefficient (Wildman–Crippen LogP) is 5.67. The number of halogens is 1. The molecule has 0 atom stereocenters. The van der Waals surface area contributed by atoms with Crippen molar-refractivity contribution in [2.45, 2.75) is 18.7 Å². The van der Waals surface area contributed by atoms with E-state index in [1.807, 2.05) is 6.07 Å². The van der Waals surface area contributed by atoms with Crippen molar-refractivity contribution in [2.75, 3.05) is 10.9 Å². The first-order chi connectivity index (χ1) is 16.2. The third kappa shape index (κ3) is 4.30. The summed E-state index contributed by atoms with van der Waals surface area (Å²) >= 11 is 5.88. The SMILES string of the molecule is CCOC(=O)c1c(-c2ccccc2)oc2ccc(N(C(C)=O)S(=O)(=O)c3ccc(Cl)cc3)cc12. The molecule has 0 saturated heterocycles. The summed E-state index contributed by atoms with van der Waals surface area (Å²) in [6, 6.07) is 18.9. The van der Waals surface area contributed by atoms with Gasteiger partial charge >= 0.3 is 5.97 Å². The Morgan fingerprint density at radius 1 is 1.00 bits per heavy atom. The van der Waals surface area contributed by atoms with Crippen molar-refractivity contribution in [2.24, 2.45) is 0 Å². The molecule has 0 aliphatic rings. The summed E-state index contributed by atoms with van der Waals surface area (Å²) in [5.74, 6) is -1.05. The van der Waals surface area contributed by atoms with Crippen molar-refractivity contribution in [3.63, 3.8) is 0 Å². The topological polar surface area (TPSA) is 93.9 Å². The zero-order valence-corrected chi connectivity index (χ0v) is 19.9. The molecule has 174 valence electrons. The monoisotopic (exact) mass is 497 g/mol. The van der Waals surface area contributed by atoms with E-state index in [0.29, 0.717) is 31.6 Å². The Morgan fingerprint density at radius 2 is 1.68 bits per heavy atom. The van der Waals surface area contributed by atoms with Gasteiger partial charge in [-0.25, -0.2) is 17.5 Å². The van der Waals surface area contributed by atoms with E-state index in [-0.39, 0.29) is 22.8 Å². The Hall–Kier alpha value is -3.62. The Labute approximate surface area is 201 Å². The number of sulfonamides is 1. The van der Waals surface area contributed by atoms with Gasteiger partial charge in [-0.1, -0.05) is 41.9 Å². The van der Waals surface area contributed by atoms with E-state index in [1.54, 1.807) is 31.2 Å². The number of carbonyl (C=O) groups is 2. The maximum Gasteiger partial charge on any atom is 0.342 e. The highest BCUT2D eigenvalue weighted by Gasteiger charge is 2.30. The summed E-state index contributed by atoms with van der Waals surface area (Å²) in [4.78, 5) is 25.3. The van der Waals surface area contributed by atoms with Gasteiger partial charge in [0, 0.05) is 22.9 Å². The van der Waals surface area contributed by atoms with Gasteiger partial charge < -0.3 is 9.15 Å². The summed E-state index contributed by atoms with van der Waals surface area (Å²) in [5, 5.41) is 0.688. The molecule has 9 heteroatoms. The summed E-state index contributed by atoms with van der Waals surface area (Å²) < 4.78 is 38.5. The van der Waals surface area contributed by atoms with Crippen LogP contribution in [0.3, 0.4) is 0 Å². The summed E-state index contributed by atoms with van der Waals surface area (Å²) in [7, 11) is -4.25. The lowest BCUT2D eigenvalue weighted by Gasteiger charge is -2.21. The van der Waals surface area contributed by atoms with E-state index in [2.05, 4.69) is 0 Å². The van der Waals surface area contributed by atoms with Crippen LogP contribution in [0.4, 0.5) is 5.69 Å². The molecule has 1 heterocycles. The fraction of sp³-hybridized carbons (Fsp3) is 0.120. The minimum Gasteiger partial charge on any atom is -0.462 e. The number of nitrogens with zero attached hydrogens (tertiary/aromatic N) is 1. The molecule has 0 bridgehead atoms. The fourth-order valence-corrected chi connectivity index (χ4v) is 5.16. The maximum atomic E-state index is 13.3. The van der Waals surface area contributed by atoms with Gasteiger partial charge in [0.15, 0.2) is 0 Å². The first-order valence-corrected chi connectivity index (χ1v) is 12.2. The molecule has 0 aliphatic heterocycles. The molecule has 34 heavy (non-hydrogen) atoms. The lowest BCUT2D eigenvalue weighted by molar-refractivity contribution is -0.115. The Bertz CT molecular complexity index is 1480. The highest BCUT2D eigenvalue weighted by Crippen LogP contribution is 2.37. The molecule has 0 unspecified atom stereocenters. The highest BCUT2D eigenvalue weighted by molar-refractivity contribution is 7.93. The number of ether oxygens (including phenoxy) is 1. The van der Waals surface area contributed by atoms with Crippen LogP contribution in [0.5, 0.6) is 0 Å². The van der Waals surface area contributed by atoms with Crippen molar-refractivity contribution in [3.8, 4) is 11.3 Å².